The third-order valence-corrected chi connectivity index (χ3v) is 6.54. The molecule has 7 heteroatoms. The maximum absolute atomic E-state index is 13.0. The SMILES string of the molecule is CC1(c2ccc(C(=O)Nc3ccccc3C(=O)c3ccc(Cl)cc3)cc2)CCSC(N)=N1. The summed E-state index contributed by atoms with van der Waals surface area (Å²) in [6.45, 7) is 2.05. The number of aliphatic imine (C=N–C) groups is 1. The fourth-order valence-electron chi connectivity index (χ4n) is 3.62. The van der Waals surface area contributed by atoms with Crippen LogP contribution >= 0.6 is 23.4 Å². The second-order valence-corrected chi connectivity index (χ2v) is 9.29. The van der Waals surface area contributed by atoms with Gasteiger partial charge in [-0.2, -0.15) is 0 Å². The number of nitrogens with one attached hydrogen (secondary N) is 1. The van der Waals surface area contributed by atoms with Crippen molar-refractivity contribution in [2.75, 3.05) is 11.1 Å². The van der Waals surface area contributed by atoms with Gasteiger partial charge < -0.3 is 11.1 Å². The molecule has 5 nitrogen and oxygen atoms in total. The molecule has 0 spiro atoms. The number of thioether (sulfide) groups is 1. The first-order valence-electron chi connectivity index (χ1n) is 10.1. The fraction of sp³-hybridized carbons (Fsp3) is 0.160. The van der Waals surface area contributed by atoms with Crippen LogP contribution in [0.25, 0.3) is 0 Å². The van der Waals surface area contributed by atoms with Crippen LogP contribution in [-0.2, 0) is 5.54 Å². The quantitative estimate of drug-likeness (QED) is 0.490. The van der Waals surface area contributed by atoms with Crippen LogP contribution in [0.1, 0.15) is 45.2 Å². The zero-order valence-corrected chi connectivity index (χ0v) is 19.0. The second-order valence-electron chi connectivity index (χ2n) is 7.74. The van der Waals surface area contributed by atoms with Gasteiger partial charge in [-0.15, -0.1) is 0 Å². The molecule has 3 N–H and O–H groups in total. The zero-order chi connectivity index (χ0) is 22.7. The molecule has 1 aliphatic rings. The first-order chi connectivity index (χ1) is 15.4. The number of hydrogen-bond donors (Lipinski definition) is 2. The first-order valence-corrected chi connectivity index (χ1v) is 11.5. The highest BCUT2D eigenvalue weighted by atomic mass is 35.5. The first kappa shape index (κ1) is 22.1. The standard InChI is InChI=1S/C25H22ClN3O2S/c1-25(14-15-32-24(27)29-25)18-10-6-17(7-11-18)23(31)28-21-5-3-2-4-20(21)22(30)16-8-12-19(26)13-9-16/h2-13H,14-15H2,1H3,(H2,27,29)(H,28,31). The van der Waals surface area contributed by atoms with E-state index in [9.17, 15) is 9.59 Å². The van der Waals surface area contributed by atoms with Gasteiger partial charge in [0.1, 0.15) is 0 Å². The molecule has 3 aromatic rings. The number of amides is 1. The molecule has 0 radical (unpaired) electrons. The Morgan fingerprint density at radius 1 is 1.00 bits per heavy atom. The molecule has 162 valence electrons. The van der Waals surface area contributed by atoms with E-state index in [1.807, 2.05) is 19.1 Å². The molecular weight excluding hydrogens is 442 g/mol. The maximum atomic E-state index is 13.0. The van der Waals surface area contributed by atoms with Crippen molar-refractivity contribution in [3.05, 3.63) is 100 Å². The van der Waals surface area contributed by atoms with E-state index < -0.39 is 0 Å². The van der Waals surface area contributed by atoms with Gasteiger partial charge >= 0.3 is 0 Å². The highest BCUT2D eigenvalue weighted by Gasteiger charge is 2.29. The lowest BCUT2D eigenvalue weighted by Gasteiger charge is -2.29. The van der Waals surface area contributed by atoms with E-state index in [0.29, 0.717) is 32.6 Å². The minimum absolute atomic E-state index is 0.188. The summed E-state index contributed by atoms with van der Waals surface area (Å²) in [7, 11) is 0. The highest BCUT2D eigenvalue weighted by molar-refractivity contribution is 8.13. The molecule has 32 heavy (non-hydrogen) atoms. The van der Waals surface area contributed by atoms with E-state index in [0.717, 1.165) is 17.7 Å². The number of hydrogen-bond acceptors (Lipinski definition) is 5. The highest BCUT2D eigenvalue weighted by Crippen LogP contribution is 2.35. The summed E-state index contributed by atoms with van der Waals surface area (Å²) in [4.78, 5) is 30.5. The van der Waals surface area contributed by atoms with E-state index >= 15 is 0 Å². The Labute approximate surface area is 196 Å². The maximum Gasteiger partial charge on any atom is 0.255 e. The van der Waals surface area contributed by atoms with Crippen LogP contribution < -0.4 is 11.1 Å². The van der Waals surface area contributed by atoms with Crippen LogP contribution in [0.3, 0.4) is 0 Å². The van der Waals surface area contributed by atoms with Gasteiger partial charge in [0, 0.05) is 27.5 Å². The number of nitrogens with two attached hydrogens (primary N) is 1. The number of amidine groups is 1. The average Bonchev–Trinajstić information content (AvgIpc) is 2.79. The summed E-state index contributed by atoms with van der Waals surface area (Å²) >= 11 is 7.48. The largest absolute Gasteiger partial charge is 0.379 e. The zero-order valence-electron chi connectivity index (χ0n) is 17.5. The summed E-state index contributed by atoms with van der Waals surface area (Å²) in [6.07, 6.45) is 0.879. The molecule has 1 atom stereocenters. The van der Waals surface area contributed by atoms with Crippen molar-refractivity contribution in [2.45, 2.75) is 18.9 Å². The molecule has 0 fully saturated rings. The number of halogens is 1. The summed E-state index contributed by atoms with van der Waals surface area (Å²) < 4.78 is 0. The second kappa shape index (κ2) is 9.18. The van der Waals surface area contributed by atoms with Crippen LogP contribution in [0.2, 0.25) is 5.02 Å². The normalized spacial score (nSPS) is 18.0. The third-order valence-electron chi connectivity index (χ3n) is 5.49. The van der Waals surface area contributed by atoms with E-state index in [4.69, 9.17) is 17.3 Å². The van der Waals surface area contributed by atoms with Gasteiger partial charge in [0.05, 0.1) is 11.2 Å². The number of nitrogens with zero attached hydrogens (tertiary/aromatic N) is 1. The van der Waals surface area contributed by atoms with Crippen LogP contribution in [0.4, 0.5) is 5.69 Å². The molecule has 1 heterocycles. The Morgan fingerprint density at radius 2 is 1.66 bits per heavy atom. The molecule has 0 aromatic heterocycles. The summed E-state index contributed by atoms with van der Waals surface area (Å²) in [5.41, 5.74) is 8.40. The summed E-state index contributed by atoms with van der Waals surface area (Å²) in [5.74, 6) is 0.429. The molecule has 1 unspecified atom stereocenters. The predicted molar refractivity (Wildman–Crippen MR) is 132 cm³/mol. The van der Waals surface area contributed by atoms with Crippen LogP contribution in [0.5, 0.6) is 0 Å². The van der Waals surface area contributed by atoms with E-state index in [1.165, 1.54) is 0 Å². The van der Waals surface area contributed by atoms with Gasteiger partial charge in [0.2, 0.25) is 0 Å². The van der Waals surface area contributed by atoms with Crippen LogP contribution in [0, 0.1) is 0 Å². The van der Waals surface area contributed by atoms with Crippen molar-refractivity contribution >= 4 is 45.9 Å². The molecule has 1 aliphatic heterocycles. The lowest BCUT2D eigenvalue weighted by molar-refractivity contribution is 0.102. The lowest BCUT2D eigenvalue weighted by atomic mass is 9.89. The number of anilines is 1. The van der Waals surface area contributed by atoms with Crippen LogP contribution in [-0.4, -0.2) is 22.6 Å². The van der Waals surface area contributed by atoms with E-state index in [-0.39, 0.29) is 17.2 Å². The molecule has 1 amide bonds. The number of ketones is 1. The molecule has 3 aromatic carbocycles. The molecule has 0 saturated heterocycles. The van der Waals surface area contributed by atoms with Crippen molar-refractivity contribution in [3.63, 3.8) is 0 Å². The van der Waals surface area contributed by atoms with Gasteiger partial charge in [0.15, 0.2) is 11.0 Å². The van der Waals surface area contributed by atoms with Crippen molar-refractivity contribution in [1.82, 2.24) is 0 Å². The molecule has 0 saturated carbocycles. The number of para-hydroxylation sites is 1. The van der Waals surface area contributed by atoms with Crippen molar-refractivity contribution < 1.29 is 9.59 Å². The Kier molecular flexibility index (Phi) is 6.35. The Hall–Kier alpha value is -3.09. The minimum Gasteiger partial charge on any atom is -0.379 e. The predicted octanol–water partition coefficient (Wildman–Crippen LogP) is 5.49. The number of benzene rings is 3. The van der Waals surface area contributed by atoms with Crippen molar-refractivity contribution in [3.8, 4) is 0 Å². The van der Waals surface area contributed by atoms with Gasteiger partial charge in [-0.3, -0.25) is 14.6 Å². The fourth-order valence-corrected chi connectivity index (χ4v) is 4.72. The van der Waals surface area contributed by atoms with Gasteiger partial charge in [-0.05, 0) is 67.4 Å². The Morgan fingerprint density at radius 3 is 2.34 bits per heavy atom. The van der Waals surface area contributed by atoms with Gasteiger partial charge in [-0.25, -0.2) is 0 Å². The number of carbonyl (C=O) groups excluding carboxylic acids is 2. The Bertz CT molecular complexity index is 1190. The van der Waals surface area contributed by atoms with Crippen LogP contribution in [0.15, 0.2) is 77.8 Å². The number of rotatable bonds is 5. The van der Waals surface area contributed by atoms with E-state index in [1.54, 1.807) is 72.4 Å². The summed E-state index contributed by atoms with van der Waals surface area (Å²) in [5, 5.41) is 4.01. The van der Waals surface area contributed by atoms with Crippen molar-refractivity contribution in [2.24, 2.45) is 10.7 Å². The molecule has 0 bridgehead atoms. The van der Waals surface area contributed by atoms with Gasteiger partial charge in [-0.1, -0.05) is 47.6 Å². The minimum atomic E-state index is -0.387. The van der Waals surface area contributed by atoms with Gasteiger partial charge in [0.25, 0.3) is 5.91 Å². The average molecular weight is 464 g/mol. The summed E-state index contributed by atoms with van der Waals surface area (Å²) in [6, 6.07) is 21.0. The molecule has 4 rings (SSSR count). The molecule has 0 aliphatic carbocycles. The lowest BCUT2D eigenvalue weighted by Crippen LogP contribution is -2.28. The Balaban J connectivity index is 1.54. The van der Waals surface area contributed by atoms with Crippen molar-refractivity contribution in [1.29, 1.82) is 0 Å². The van der Waals surface area contributed by atoms with E-state index in [2.05, 4.69) is 10.3 Å². The monoisotopic (exact) mass is 463 g/mol. The third kappa shape index (κ3) is 4.71. The number of carbonyl (C=O) groups is 2. The smallest absolute Gasteiger partial charge is 0.255 e. The topological polar surface area (TPSA) is 84.5 Å². The molecular formula is C25H22ClN3O2S.